The number of ether oxygens (including phenoxy) is 1. The second-order valence-electron chi connectivity index (χ2n) is 11.4. The maximum Gasteiger partial charge on any atom is 0.222 e. The molecule has 0 aliphatic heterocycles. The monoisotopic (exact) mass is 601 g/mol. The Morgan fingerprint density at radius 3 is 1.62 bits per heavy atom. The van der Waals surface area contributed by atoms with E-state index in [0.717, 1.165) is 27.8 Å². The van der Waals surface area contributed by atoms with Gasteiger partial charge in [0.25, 0.3) is 0 Å². The van der Waals surface area contributed by atoms with Gasteiger partial charge in [-0.1, -0.05) is 133 Å². The SMILES string of the molecule is C[C@@H](C(O)c1ccccc1)N(C)C(=O)CCC[C@H](OC(c1ccccc1)(c1ccccc1)c1ccccc1)c1ccc(F)cc1. The fourth-order valence-electron chi connectivity index (χ4n) is 5.89. The molecule has 3 atom stereocenters. The number of amides is 1. The van der Waals surface area contributed by atoms with Gasteiger partial charge >= 0.3 is 0 Å². The van der Waals surface area contributed by atoms with E-state index >= 15 is 0 Å². The van der Waals surface area contributed by atoms with Crippen LogP contribution in [-0.2, 0) is 15.1 Å². The number of carbonyl (C=O) groups excluding carboxylic acids is 1. The Morgan fingerprint density at radius 2 is 1.16 bits per heavy atom. The molecule has 0 saturated carbocycles. The minimum atomic E-state index is -0.974. The number of rotatable bonds is 13. The number of benzene rings is 5. The van der Waals surface area contributed by atoms with Crippen LogP contribution in [0.5, 0.6) is 0 Å². The van der Waals surface area contributed by atoms with Crippen LogP contribution in [0.25, 0.3) is 0 Å². The highest BCUT2D eigenvalue weighted by Gasteiger charge is 2.40. The average molecular weight is 602 g/mol. The second kappa shape index (κ2) is 14.9. The molecule has 1 unspecified atom stereocenters. The van der Waals surface area contributed by atoms with E-state index in [4.69, 9.17) is 4.74 Å². The third-order valence-electron chi connectivity index (χ3n) is 8.56. The highest BCUT2D eigenvalue weighted by atomic mass is 19.1. The standard InChI is InChI=1S/C40H40FNO3/c1-30(39(44)32-16-7-3-8-17-32)42(2)38(43)25-15-24-37(31-26-28-36(41)29-27-31)45-40(33-18-9-4-10-19-33,34-20-11-5-12-21-34)35-22-13-6-14-23-35/h3-14,16-23,26-30,37,39,44H,15,24-25H2,1-2H3/t30-,37-,39?/m0/s1. The summed E-state index contributed by atoms with van der Waals surface area (Å²) in [6.07, 6.45) is 0.0803. The molecule has 0 aliphatic rings. The molecule has 0 radical (unpaired) electrons. The average Bonchev–Trinajstić information content (AvgIpc) is 3.10. The molecule has 0 fully saturated rings. The van der Waals surface area contributed by atoms with Crippen LogP contribution >= 0.6 is 0 Å². The second-order valence-corrected chi connectivity index (χ2v) is 11.4. The summed E-state index contributed by atoms with van der Waals surface area (Å²) >= 11 is 0. The molecule has 0 aromatic heterocycles. The number of halogens is 1. The summed E-state index contributed by atoms with van der Waals surface area (Å²) in [5, 5.41) is 10.9. The van der Waals surface area contributed by atoms with Gasteiger partial charge in [0.05, 0.1) is 18.2 Å². The van der Waals surface area contributed by atoms with Crippen LogP contribution in [0.15, 0.2) is 146 Å². The Balaban J connectivity index is 1.45. The van der Waals surface area contributed by atoms with E-state index in [9.17, 15) is 14.3 Å². The van der Waals surface area contributed by atoms with Crippen LogP contribution in [0.3, 0.4) is 0 Å². The molecule has 0 aliphatic carbocycles. The quantitative estimate of drug-likeness (QED) is 0.138. The molecule has 0 heterocycles. The van der Waals surface area contributed by atoms with E-state index in [1.54, 1.807) is 24.1 Å². The number of hydrogen-bond acceptors (Lipinski definition) is 3. The first-order valence-electron chi connectivity index (χ1n) is 15.5. The molecule has 0 spiro atoms. The van der Waals surface area contributed by atoms with Crippen molar-refractivity contribution in [3.05, 3.63) is 179 Å². The first kappa shape index (κ1) is 31.8. The van der Waals surface area contributed by atoms with Gasteiger partial charge in [0, 0.05) is 13.5 Å². The number of aliphatic hydroxyl groups is 1. The van der Waals surface area contributed by atoms with E-state index < -0.39 is 23.9 Å². The first-order chi connectivity index (χ1) is 21.9. The molecule has 1 amide bonds. The van der Waals surface area contributed by atoms with E-state index in [1.807, 2.05) is 91.9 Å². The topological polar surface area (TPSA) is 49.8 Å². The Hall–Kier alpha value is -4.58. The molecule has 230 valence electrons. The molecular weight excluding hydrogens is 561 g/mol. The van der Waals surface area contributed by atoms with Crippen LogP contribution in [0, 0.1) is 5.82 Å². The van der Waals surface area contributed by atoms with Crippen molar-refractivity contribution >= 4 is 5.91 Å². The predicted octanol–water partition coefficient (Wildman–Crippen LogP) is 8.63. The molecule has 5 aromatic carbocycles. The summed E-state index contributed by atoms with van der Waals surface area (Å²) in [6.45, 7) is 1.86. The van der Waals surface area contributed by atoms with E-state index in [2.05, 4.69) is 36.4 Å². The van der Waals surface area contributed by atoms with E-state index in [-0.39, 0.29) is 18.1 Å². The van der Waals surface area contributed by atoms with Crippen LogP contribution in [0.4, 0.5) is 4.39 Å². The van der Waals surface area contributed by atoms with E-state index in [1.165, 1.54) is 12.1 Å². The lowest BCUT2D eigenvalue weighted by molar-refractivity contribution is -0.134. The fourth-order valence-corrected chi connectivity index (χ4v) is 5.89. The van der Waals surface area contributed by atoms with Gasteiger partial charge in [0.15, 0.2) is 0 Å². The lowest BCUT2D eigenvalue weighted by Gasteiger charge is -2.39. The van der Waals surface area contributed by atoms with Gasteiger partial charge in [0.1, 0.15) is 11.4 Å². The number of carbonyl (C=O) groups is 1. The molecule has 1 N–H and O–H groups in total. The predicted molar refractivity (Wildman–Crippen MR) is 177 cm³/mol. The molecule has 0 saturated heterocycles. The molecule has 5 aromatic rings. The van der Waals surface area contributed by atoms with Gasteiger partial charge in [-0.25, -0.2) is 4.39 Å². The molecular formula is C40H40FNO3. The third-order valence-corrected chi connectivity index (χ3v) is 8.56. The van der Waals surface area contributed by atoms with E-state index in [0.29, 0.717) is 12.8 Å². The van der Waals surface area contributed by atoms with Gasteiger partial charge in [0.2, 0.25) is 5.91 Å². The fraction of sp³-hybridized carbons (Fsp3) is 0.225. The van der Waals surface area contributed by atoms with Crippen molar-refractivity contribution in [1.29, 1.82) is 0 Å². The number of hydrogen-bond donors (Lipinski definition) is 1. The van der Waals surface area contributed by atoms with Gasteiger partial charge < -0.3 is 14.7 Å². The third kappa shape index (κ3) is 7.39. The molecule has 5 heteroatoms. The lowest BCUT2D eigenvalue weighted by atomic mass is 9.79. The van der Waals surface area contributed by atoms with Crippen molar-refractivity contribution in [2.45, 2.75) is 50.0 Å². The lowest BCUT2D eigenvalue weighted by Crippen LogP contribution is -2.39. The van der Waals surface area contributed by atoms with Crippen molar-refractivity contribution in [3.8, 4) is 0 Å². The summed E-state index contributed by atoms with van der Waals surface area (Å²) < 4.78 is 21.4. The van der Waals surface area contributed by atoms with Crippen LogP contribution < -0.4 is 0 Å². The van der Waals surface area contributed by atoms with Gasteiger partial charge in [-0.05, 0) is 59.7 Å². The normalized spacial score (nSPS) is 13.5. The highest BCUT2D eigenvalue weighted by molar-refractivity contribution is 5.76. The van der Waals surface area contributed by atoms with Crippen LogP contribution in [0.1, 0.15) is 66.2 Å². The Kier molecular flexibility index (Phi) is 10.6. The zero-order valence-electron chi connectivity index (χ0n) is 25.8. The van der Waals surface area contributed by atoms with Crippen molar-refractivity contribution in [2.24, 2.45) is 0 Å². The molecule has 4 nitrogen and oxygen atoms in total. The number of likely N-dealkylation sites (N-methyl/N-ethyl adjacent to an activating group) is 1. The summed E-state index contributed by atoms with van der Waals surface area (Å²) in [6, 6.07) is 45.8. The van der Waals surface area contributed by atoms with Crippen LogP contribution in [0.2, 0.25) is 0 Å². The van der Waals surface area contributed by atoms with Gasteiger partial charge in [-0.3, -0.25) is 4.79 Å². The molecule has 45 heavy (non-hydrogen) atoms. The maximum absolute atomic E-state index is 14.1. The highest BCUT2D eigenvalue weighted by Crippen LogP contribution is 2.45. The van der Waals surface area contributed by atoms with Crippen molar-refractivity contribution < 1.29 is 19.0 Å². The summed E-state index contributed by atoms with van der Waals surface area (Å²) in [7, 11) is 1.73. The maximum atomic E-state index is 14.1. The van der Waals surface area contributed by atoms with Gasteiger partial charge in [-0.2, -0.15) is 0 Å². The van der Waals surface area contributed by atoms with Crippen molar-refractivity contribution in [3.63, 3.8) is 0 Å². The van der Waals surface area contributed by atoms with Gasteiger partial charge in [-0.15, -0.1) is 0 Å². The van der Waals surface area contributed by atoms with Crippen molar-refractivity contribution in [2.75, 3.05) is 7.05 Å². The smallest absolute Gasteiger partial charge is 0.222 e. The Labute approximate surface area is 265 Å². The summed E-state index contributed by atoms with van der Waals surface area (Å²) in [5.74, 6) is -0.378. The zero-order chi connectivity index (χ0) is 31.6. The summed E-state index contributed by atoms with van der Waals surface area (Å²) in [4.78, 5) is 15.0. The van der Waals surface area contributed by atoms with Crippen LogP contribution in [-0.4, -0.2) is 29.0 Å². The first-order valence-corrected chi connectivity index (χ1v) is 15.5. The molecule has 0 bridgehead atoms. The number of nitrogens with zero attached hydrogens (tertiary/aromatic N) is 1. The molecule has 5 rings (SSSR count). The van der Waals surface area contributed by atoms with Crippen molar-refractivity contribution in [1.82, 2.24) is 4.90 Å². The Morgan fingerprint density at radius 1 is 0.711 bits per heavy atom. The Bertz CT molecular complexity index is 1520. The largest absolute Gasteiger partial charge is 0.386 e. The number of aliphatic hydroxyl groups excluding tert-OH is 1. The minimum absolute atomic E-state index is 0.0595. The summed E-state index contributed by atoms with van der Waals surface area (Å²) in [5.41, 5.74) is 3.53. The zero-order valence-corrected chi connectivity index (χ0v) is 25.8. The minimum Gasteiger partial charge on any atom is -0.386 e.